The van der Waals surface area contributed by atoms with E-state index in [4.69, 9.17) is 0 Å². The zero-order valence-corrected chi connectivity index (χ0v) is 16.5. The molecule has 6 heteroatoms. The Hall–Kier alpha value is -0.790. The van der Waals surface area contributed by atoms with E-state index in [1.54, 1.807) is 0 Å². The van der Waals surface area contributed by atoms with Crippen LogP contribution in [0.4, 0.5) is 0 Å². The summed E-state index contributed by atoms with van der Waals surface area (Å²) in [5.74, 6) is 2.42. The summed E-state index contributed by atoms with van der Waals surface area (Å²) in [7, 11) is 1.88. The molecule has 2 rings (SSSR count). The minimum Gasteiger partial charge on any atom is -0.356 e. The largest absolute Gasteiger partial charge is 0.356 e. The third-order valence-corrected chi connectivity index (χ3v) is 4.34. The third-order valence-electron chi connectivity index (χ3n) is 4.34. The summed E-state index contributed by atoms with van der Waals surface area (Å²) in [5.41, 5.74) is 0. The second kappa shape index (κ2) is 9.37. The molecule has 2 atom stereocenters. The molecule has 0 amide bonds. The van der Waals surface area contributed by atoms with Crippen LogP contribution in [0.15, 0.2) is 23.7 Å². The van der Waals surface area contributed by atoms with E-state index in [9.17, 15) is 0 Å². The van der Waals surface area contributed by atoms with Crippen LogP contribution in [0.2, 0.25) is 0 Å². The lowest BCUT2D eigenvalue weighted by Gasteiger charge is -2.39. The molecule has 2 heterocycles. The van der Waals surface area contributed by atoms with Crippen LogP contribution in [0, 0.1) is 11.8 Å². The fourth-order valence-corrected chi connectivity index (χ4v) is 2.90. The summed E-state index contributed by atoms with van der Waals surface area (Å²) in [4.78, 5) is 11.0. The molecule has 22 heavy (non-hydrogen) atoms. The van der Waals surface area contributed by atoms with Gasteiger partial charge in [-0.1, -0.05) is 20.8 Å². The average Bonchev–Trinajstić information content (AvgIpc) is 2.98. The van der Waals surface area contributed by atoms with Crippen molar-refractivity contribution < 1.29 is 0 Å². The van der Waals surface area contributed by atoms with Crippen molar-refractivity contribution >= 4 is 29.9 Å². The van der Waals surface area contributed by atoms with Gasteiger partial charge in [-0.15, -0.1) is 24.0 Å². The number of hydrogen-bond acceptors (Lipinski definition) is 2. The molecule has 1 aliphatic heterocycles. The smallest absolute Gasteiger partial charge is 0.193 e. The lowest BCUT2D eigenvalue weighted by atomic mass is 9.93. The lowest BCUT2D eigenvalue weighted by Crippen LogP contribution is -2.49. The Morgan fingerprint density at radius 3 is 2.82 bits per heavy atom. The van der Waals surface area contributed by atoms with Gasteiger partial charge in [0.2, 0.25) is 0 Å². The van der Waals surface area contributed by atoms with E-state index < -0.39 is 0 Å². The van der Waals surface area contributed by atoms with Crippen LogP contribution in [-0.2, 0) is 0 Å². The summed E-state index contributed by atoms with van der Waals surface area (Å²) >= 11 is 0. The predicted octanol–water partition coefficient (Wildman–Crippen LogP) is 3.01. The van der Waals surface area contributed by atoms with Crippen molar-refractivity contribution in [3.63, 3.8) is 0 Å². The quantitative estimate of drug-likeness (QED) is 0.464. The summed E-state index contributed by atoms with van der Waals surface area (Å²) in [6.45, 7) is 9.90. The number of likely N-dealkylation sites (tertiary alicyclic amines) is 1. The molecule has 1 N–H and O–H groups in total. The number of nitrogens with zero attached hydrogens (tertiary/aromatic N) is 4. The summed E-state index contributed by atoms with van der Waals surface area (Å²) in [6, 6.07) is 0.477. The molecule has 1 aromatic heterocycles. The van der Waals surface area contributed by atoms with Gasteiger partial charge in [-0.05, 0) is 24.7 Å². The van der Waals surface area contributed by atoms with Gasteiger partial charge in [-0.3, -0.25) is 4.99 Å². The number of piperidine rings is 1. The molecule has 0 aliphatic carbocycles. The third kappa shape index (κ3) is 5.14. The number of nitrogens with one attached hydrogen (secondary N) is 1. The van der Waals surface area contributed by atoms with E-state index >= 15 is 0 Å². The van der Waals surface area contributed by atoms with Crippen molar-refractivity contribution in [2.45, 2.75) is 39.7 Å². The molecule has 1 saturated heterocycles. The van der Waals surface area contributed by atoms with Gasteiger partial charge in [0.25, 0.3) is 0 Å². The van der Waals surface area contributed by atoms with E-state index in [0.717, 1.165) is 31.5 Å². The maximum Gasteiger partial charge on any atom is 0.193 e. The SMILES string of the molecule is CN=C(NCCC(C)C)N1CCC(C)C(n2ccnc2)C1.I. The Bertz CT molecular complexity index is 443. The topological polar surface area (TPSA) is 45.5 Å². The second-order valence-electron chi connectivity index (χ2n) is 6.45. The highest BCUT2D eigenvalue weighted by Crippen LogP contribution is 2.27. The molecule has 0 bridgehead atoms. The average molecular weight is 419 g/mol. The Balaban J connectivity index is 0.00000242. The second-order valence-corrected chi connectivity index (χ2v) is 6.45. The van der Waals surface area contributed by atoms with E-state index in [2.05, 4.69) is 51.7 Å². The number of hydrogen-bond donors (Lipinski definition) is 1. The van der Waals surface area contributed by atoms with Gasteiger partial charge in [-0.25, -0.2) is 4.98 Å². The molecule has 126 valence electrons. The Kier molecular flexibility index (Phi) is 8.20. The van der Waals surface area contributed by atoms with Crippen LogP contribution in [0.25, 0.3) is 0 Å². The maximum absolute atomic E-state index is 4.46. The number of halogens is 1. The predicted molar refractivity (Wildman–Crippen MR) is 103 cm³/mol. The Morgan fingerprint density at radius 2 is 2.23 bits per heavy atom. The van der Waals surface area contributed by atoms with Gasteiger partial charge >= 0.3 is 0 Å². The minimum absolute atomic E-state index is 0. The number of rotatable bonds is 4. The highest BCUT2D eigenvalue weighted by Gasteiger charge is 2.28. The van der Waals surface area contributed by atoms with Crippen molar-refractivity contribution in [2.24, 2.45) is 16.8 Å². The van der Waals surface area contributed by atoms with Crippen molar-refractivity contribution in [1.29, 1.82) is 0 Å². The van der Waals surface area contributed by atoms with Crippen LogP contribution in [0.1, 0.15) is 39.7 Å². The Labute approximate surface area is 151 Å². The first-order valence-electron chi connectivity index (χ1n) is 8.04. The van der Waals surface area contributed by atoms with Gasteiger partial charge in [0.05, 0.1) is 12.4 Å². The minimum atomic E-state index is 0. The molecule has 0 radical (unpaired) electrons. The van der Waals surface area contributed by atoms with Gasteiger partial charge in [0, 0.05) is 39.1 Å². The zero-order valence-electron chi connectivity index (χ0n) is 14.2. The molecule has 5 nitrogen and oxygen atoms in total. The van der Waals surface area contributed by atoms with E-state index in [-0.39, 0.29) is 24.0 Å². The van der Waals surface area contributed by atoms with Gasteiger partial charge < -0.3 is 14.8 Å². The normalized spacial score (nSPS) is 22.6. The monoisotopic (exact) mass is 419 g/mol. The van der Waals surface area contributed by atoms with Crippen LogP contribution in [-0.4, -0.2) is 47.1 Å². The standard InChI is InChI=1S/C16H29N5.HI/c1-13(2)5-7-19-16(17-4)20-9-6-14(3)15(11-20)21-10-8-18-12-21;/h8,10,12-15H,5-7,9,11H2,1-4H3,(H,17,19);1H. The number of aromatic nitrogens is 2. The molecule has 0 aromatic carbocycles. The Morgan fingerprint density at radius 1 is 1.45 bits per heavy atom. The molecule has 0 saturated carbocycles. The molecule has 0 spiro atoms. The van der Waals surface area contributed by atoms with Gasteiger partial charge in [-0.2, -0.15) is 0 Å². The molecule has 1 aliphatic rings. The highest BCUT2D eigenvalue weighted by atomic mass is 127. The van der Waals surface area contributed by atoms with Crippen LogP contribution in [0.3, 0.4) is 0 Å². The van der Waals surface area contributed by atoms with Crippen molar-refractivity contribution in [1.82, 2.24) is 19.8 Å². The zero-order chi connectivity index (χ0) is 15.2. The van der Waals surface area contributed by atoms with Crippen molar-refractivity contribution in [3.05, 3.63) is 18.7 Å². The molecular formula is C16H30IN5. The van der Waals surface area contributed by atoms with E-state index in [0.29, 0.717) is 12.0 Å². The highest BCUT2D eigenvalue weighted by molar-refractivity contribution is 14.0. The number of aliphatic imine (C=N–C) groups is 1. The van der Waals surface area contributed by atoms with Gasteiger partial charge in [0.1, 0.15) is 0 Å². The van der Waals surface area contributed by atoms with Gasteiger partial charge in [0.15, 0.2) is 5.96 Å². The first kappa shape index (κ1) is 19.3. The van der Waals surface area contributed by atoms with Crippen LogP contribution < -0.4 is 5.32 Å². The fraction of sp³-hybridized carbons (Fsp3) is 0.750. The number of guanidine groups is 1. The molecule has 2 unspecified atom stereocenters. The van der Waals surface area contributed by atoms with Crippen molar-refractivity contribution in [3.8, 4) is 0 Å². The lowest BCUT2D eigenvalue weighted by molar-refractivity contribution is 0.189. The summed E-state index contributed by atoms with van der Waals surface area (Å²) < 4.78 is 2.23. The maximum atomic E-state index is 4.46. The first-order chi connectivity index (χ1) is 10.1. The van der Waals surface area contributed by atoms with Crippen LogP contribution >= 0.6 is 24.0 Å². The van der Waals surface area contributed by atoms with Crippen molar-refractivity contribution in [2.75, 3.05) is 26.7 Å². The van der Waals surface area contributed by atoms with E-state index in [1.807, 2.05) is 19.6 Å². The van der Waals surface area contributed by atoms with Crippen LogP contribution in [0.5, 0.6) is 0 Å². The van der Waals surface area contributed by atoms with E-state index in [1.165, 1.54) is 12.8 Å². The fourth-order valence-electron chi connectivity index (χ4n) is 2.90. The molecular weight excluding hydrogens is 389 g/mol. The first-order valence-corrected chi connectivity index (χ1v) is 8.04. The molecule has 1 fully saturated rings. The number of imidazole rings is 1. The molecule has 1 aromatic rings. The summed E-state index contributed by atoms with van der Waals surface area (Å²) in [6.07, 6.45) is 8.22. The summed E-state index contributed by atoms with van der Waals surface area (Å²) in [5, 5.41) is 3.50.